The lowest BCUT2D eigenvalue weighted by molar-refractivity contribution is 1.19. The largest absolute Gasteiger partial charge is 0.309 e. The van der Waals surface area contributed by atoms with Crippen molar-refractivity contribution in [3.63, 3.8) is 0 Å². The average Bonchev–Trinajstić information content (AvgIpc) is 4.19. The average molecular weight is 937 g/mol. The molecule has 0 aliphatic heterocycles. The predicted molar refractivity (Wildman–Crippen MR) is 314 cm³/mol. The van der Waals surface area contributed by atoms with Gasteiger partial charge in [0, 0.05) is 97.0 Å². The van der Waals surface area contributed by atoms with Gasteiger partial charge in [0.15, 0.2) is 0 Å². The highest BCUT2D eigenvalue weighted by atomic mass is 15.0. The van der Waals surface area contributed by atoms with Crippen molar-refractivity contribution >= 4 is 141 Å². The quantitative estimate of drug-likeness (QED) is 0.124. The first-order chi connectivity index (χ1) is 36.8. The van der Waals surface area contributed by atoms with Crippen LogP contribution in [0.15, 0.2) is 243 Å². The first-order valence-corrected chi connectivity index (χ1v) is 25.7. The number of nitrogens with zero attached hydrogens (tertiary/aromatic N) is 4. The Labute approximate surface area is 422 Å². The molecule has 0 N–H and O–H groups in total. The minimum absolute atomic E-state index is 1.17. The molecule has 4 heteroatoms. The highest BCUT2D eigenvalue weighted by molar-refractivity contribution is 6.43. The first-order valence-electron chi connectivity index (χ1n) is 25.7. The van der Waals surface area contributed by atoms with Crippen LogP contribution < -0.4 is 0 Å². The number of aromatic nitrogens is 4. The molecule has 0 spiro atoms. The van der Waals surface area contributed by atoms with Crippen LogP contribution in [0.4, 0.5) is 0 Å². The summed E-state index contributed by atoms with van der Waals surface area (Å²) in [5.41, 5.74) is 14.2. The molecule has 18 aromatic rings. The van der Waals surface area contributed by atoms with Crippen molar-refractivity contribution in [1.29, 1.82) is 0 Å². The van der Waals surface area contributed by atoms with Crippen LogP contribution >= 0.6 is 0 Å². The lowest BCUT2D eigenvalue weighted by Gasteiger charge is -2.27. The van der Waals surface area contributed by atoms with E-state index in [2.05, 4.69) is 261 Å². The molecular formula is C70H40N4. The summed E-state index contributed by atoms with van der Waals surface area (Å²) in [6, 6.07) is 91.1. The van der Waals surface area contributed by atoms with Gasteiger partial charge < -0.3 is 18.3 Å². The molecule has 0 bridgehead atoms. The van der Waals surface area contributed by atoms with Crippen LogP contribution in [-0.4, -0.2) is 18.3 Å². The van der Waals surface area contributed by atoms with Crippen LogP contribution in [0.25, 0.3) is 164 Å². The summed E-state index contributed by atoms with van der Waals surface area (Å²) < 4.78 is 10.3. The zero-order chi connectivity index (χ0) is 47.9. The Morgan fingerprint density at radius 2 is 0.378 bits per heavy atom. The van der Waals surface area contributed by atoms with Gasteiger partial charge in [-0.15, -0.1) is 0 Å². The fourth-order valence-electron chi connectivity index (χ4n) is 14.0. The zero-order valence-corrected chi connectivity index (χ0v) is 39.9. The SMILES string of the molecule is c1cc2c(-n3c4ccccc4c4ccccc43)cc3c(-n4c5ccccc5c5ccccc54)c4cccc5c(-n6c7ccccc7c7ccccc76)cc6c(-n7c8ccccc8c8ccccc87)c(c1)c2c3c6c54. The third-order valence-corrected chi connectivity index (χ3v) is 16.8. The van der Waals surface area contributed by atoms with Crippen molar-refractivity contribution < 1.29 is 0 Å². The van der Waals surface area contributed by atoms with Gasteiger partial charge in [0.1, 0.15) is 0 Å². The molecule has 0 aliphatic carbocycles. The maximum absolute atomic E-state index is 2.59. The van der Waals surface area contributed by atoms with Crippen LogP contribution in [-0.2, 0) is 0 Å². The fourth-order valence-corrected chi connectivity index (χ4v) is 14.0. The summed E-state index contributed by atoms with van der Waals surface area (Å²) in [6.45, 7) is 0. The minimum atomic E-state index is 1.17. The summed E-state index contributed by atoms with van der Waals surface area (Å²) in [5, 5.41) is 22.4. The summed E-state index contributed by atoms with van der Waals surface area (Å²) in [4.78, 5) is 0. The Morgan fingerprint density at radius 1 is 0.162 bits per heavy atom. The topological polar surface area (TPSA) is 19.7 Å². The standard InChI is InChI=1S/C70H40N4/c1-9-31-55-41(19-1)42-20-2-10-32-56(42)71(55)63-39-53-67-65-49(63)27-17-29-51(65)70(74-61-37-15-7-25-47(61)48-26-8-16-38-62(48)74)54-40-64(72-57-33-11-3-21-43(57)44-22-4-12-34-58(44)72)50-28-18-30-52(66(50)68(54)67)69(53)73-59-35-13-5-23-45(59)46-24-6-14-36-60(46)73/h1-40H. The predicted octanol–water partition coefficient (Wildman–Crippen LogP) is 18.7. The van der Waals surface area contributed by atoms with Gasteiger partial charge in [-0.25, -0.2) is 0 Å². The van der Waals surface area contributed by atoms with E-state index in [1.807, 2.05) is 0 Å². The van der Waals surface area contributed by atoms with Gasteiger partial charge in [-0.1, -0.05) is 182 Å². The number of fused-ring (bicyclic) bond motifs is 12. The Hall–Kier alpha value is -9.90. The van der Waals surface area contributed by atoms with E-state index >= 15 is 0 Å². The maximum atomic E-state index is 2.59. The lowest BCUT2D eigenvalue weighted by Crippen LogP contribution is -2.06. The zero-order valence-electron chi connectivity index (χ0n) is 39.9. The molecule has 18 rings (SSSR count). The molecule has 4 aromatic heterocycles. The van der Waals surface area contributed by atoms with Gasteiger partial charge in [0.25, 0.3) is 0 Å². The number of hydrogen-bond acceptors (Lipinski definition) is 0. The summed E-state index contributed by atoms with van der Waals surface area (Å²) in [6.07, 6.45) is 0. The molecule has 0 amide bonds. The molecule has 4 nitrogen and oxygen atoms in total. The van der Waals surface area contributed by atoms with Crippen molar-refractivity contribution in [3.8, 4) is 22.7 Å². The molecule has 0 aliphatic rings. The van der Waals surface area contributed by atoms with E-state index in [0.717, 1.165) is 0 Å². The van der Waals surface area contributed by atoms with E-state index in [4.69, 9.17) is 0 Å². The Morgan fingerprint density at radius 3 is 0.649 bits per heavy atom. The van der Waals surface area contributed by atoms with Gasteiger partial charge in [0.05, 0.1) is 66.9 Å². The van der Waals surface area contributed by atoms with Crippen LogP contribution in [0.5, 0.6) is 0 Å². The second kappa shape index (κ2) is 13.9. The number of benzene rings is 14. The lowest BCUT2D eigenvalue weighted by atomic mass is 9.83. The fraction of sp³-hybridized carbons (Fsp3) is 0. The van der Waals surface area contributed by atoms with Gasteiger partial charge in [-0.2, -0.15) is 0 Å². The summed E-state index contributed by atoms with van der Waals surface area (Å²) >= 11 is 0. The van der Waals surface area contributed by atoms with Crippen LogP contribution in [0.1, 0.15) is 0 Å². The molecule has 0 unspecified atom stereocenters. The van der Waals surface area contributed by atoms with Crippen molar-refractivity contribution in [2.75, 3.05) is 0 Å². The van der Waals surface area contributed by atoms with E-state index < -0.39 is 0 Å². The molecule has 0 saturated carbocycles. The summed E-state index contributed by atoms with van der Waals surface area (Å²) in [5.74, 6) is 0. The highest BCUT2D eigenvalue weighted by Crippen LogP contribution is 2.54. The van der Waals surface area contributed by atoms with Crippen LogP contribution in [0.2, 0.25) is 0 Å². The Balaban J connectivity index is 1.16. The maximum Gasteiger partial charge on any atom is 0.0620 e. The molecule has 340 valence electrons. The molecular weight excluding hydrogens is 897 g/mol. The van der Waals surface area contributed by atoms with E-state index in [-0.39, 0.29) is 0 Å². The second-order valence-corrected chi connectivity index (χ2v) is 20.3. The monoisotopic (exact) mass is 936 g/mol. The van der Waals surface area contributed by atoms with E-state index in [1.165, 1.54) is 164 Å². The molecule has 4 heterocycles. The van der Waals surface area contributed by atoms with Crippen molar-refractivity contribution in [2.45, 2.75) is 0 Å². The third kappa shape index (κ3) is 4.70. The smallest absolute Gasteiger partial charge is 0.0620 e. The van der Waals surface area contributed by atoms with Gasteiger partial charge in [-0.3, -0.25) is 0 Å². The third-order valence-electron chi connectivity index (χ3n) is 16.8. The van der Waals surface area contributed by atoms with Crippen LogP contribution in [0, 0.1) is 0 Å². The molecule has 14 aromatic carbocycles. The highest BCUT2D eigenvalue weighted by Gasteiger charge is 2.30. The minimum Gasteiger partial charge on any atom is -0.309 e. The molecule has 0 atom stereocenters. The molecule has 0 radical (unpaired) electrons. The molecule has 0 saturated heterocycles. The van der Waals surface area contributed by atoms with E-state index in [9.17, 15) is 0 Å². The number of rotatable bonds is 4. The van der Waals surface area contributed by atoms with Gasteiger partial charge >= 0.3 is 0 Å². The number of hydrogen-bond donors (Lipinski definition) is 0. The van der Waals surface area contributed by atoms with Crippen molar-refractivity contribution in [3.05, 3.63) is 243 Å². The van der Waals surface area contributed by atoms with Crippen molar-refractivity contribution in [1.82, 2.24) is 18.3 Å². The molecule has 74 heavy (non-hydrogen) atoms. The molecule has 0 fully saturated rings. The van der Waals surface area contributed by atoms with Crippen molar-refractivity contribution in [2.24, 2.45) is 0 Å². The van der Waals surface area contributed by atoms with Gasteiger partial charge in [0.2, 0.25) is 0 Å². The Kier molecular flexibility index (Phi) is 7.31. The van der Waals surface area contributed by atoms with Gasteiger partial charge in [-0.05, 0) is 60.7 Å². The van der Waals surface area contributed by atoms with E-state index in [1.54, 1.807) is 0 Å². The normalized spacial score (nSPS) is 12.6. The van der Waals surface area contributed by atoms with Crippen LogP contribution in [0.3, 0.4) is 0 Å². The van der Waals surface area contributed by atoms with E-state index in [0.29, 0.717) is 0 Å². The number of para-hydroxylation sites is 8. The first kappa shape index (κ1) is 38.8. The Bertz CT molecular complexity index is 4890. The summed E-state index contributed by atoms with van der Waals surface area (Å²) in [7, 11) is 0. The second-order valence-electron chi connectivity index (χ2n) is 20.3.